The molecule has 0 bridgehead atoms. The number of methoxy groups -OCH3 is 1. The zero-order chi connectivity index (χ0) is 13.5. The molecule has 0 saturated heterocycles. The number of hydrogen-bond acceptors (Lipinski definition) is 4. The largest absolute Gasteiger partial charge is 0.490 e. The normalized spacial score (nSPS) is 13.4. The van der Waals surface area contributed by atoms with Gasteiger partial charge in [0.15, 0.2) is 5.84 Å². The lowest BCUT2D eigenvalue weighted by Crippen LogP contribution is -2.19. The van der Waals surface area contributed by atoms with Gasteiger partial charge in [-0.15, -0.1) is 0 Å². The van der Waals surface area contributed by atoms with Gasteiger partial charge in [0.2, 0.25) is 0 Å². The zero-order valence-electron chi connectivity index (χ0n) is 10.4. The van der Waals surface area contributed by atoms with Crippen LogP contribution in [0.2, 0.25) is 0 Å². The van der Waals surface area contributed by atoms with Crippen LogP contribution in [0.3, 0.4) is 0 Å². The minimum absolute atomic E-state index is 0.0173. The second-order valence-corrected chi connectivity index (χ2v) is 4.75. The Bertz CT molecular complexity index is 424. The fourth-order valence-electron chi connectivity index (χ4n) is 1.42. The van der Waals surface area contributed by atoms with Crippen LogP contribution in [-0.2, 0) is 4.74 Å². The van der Waals surface area contributed by atoms with E-state index < -0.39 is 0 Å². The second kappa shape index (κ2) is 7.23. The number of nitrogens with two attached hydrogens (primary N) is 1. The van der Waals surface area contributed by atoms with Gasteiger partial charge in [-0.1, -0.05) is 21.1 Å². The van der Waals surface area contributed by atoms with E-state index in [2.05, 4.69) is 21.1 Å². The van der Waals surface area contributed by atoms with Crippen molar-refractivity contribution in [2.75, 3.05) is 13.7 Å². The van der Waals surface area contributed by atoms with Crippen LogP contribution < -0.4 is 10.5 Å². The highest BCUT2D eigenvalue weighted by molar-refractivity contribution is 9.10. The smallest absolute Gasteiger partial charge is 0.173 e. The van der Waals surface area contributed by atoms with Crippen molar-refractivity contribution in [1.82, 2.24) is 0 Å². The molecule has 0 heterocycles. The molecule has 100 valence electrons. The topological polar surface area (TPSA) is 77.1 Å². The van der Waals surface area contributed by atoms with Crippen molar-refractivity contribution in [2.45, 2.75) is 19.4 Å². The lowest BCUT2D eigenvalue weighted by molar-refractivity contribution is 0.135. The number of nitrogens with zero attached hydrogens (tertiary/aromatic N) is 1. The van der Waals surface area contributed by atoms with Crippen molar-refractivity contribution < 1.29 is 14.7 Å². The summed E-state index contributed by atoms with van der Waals surface area (Å²) in [5.41, 5.74) is 6.17. The Kier molecular flexibility index (Phi) is 5.94. The average molecular weight is 317 g/mol. The van der Waals surface area contributed by atoms with Crippen molar-refractivity contribution in [2.24, 2.45) is 10.9 Å². The van der Waals surface area contributed by atoms with Crippen molar-refractivity contribution >= 4 is 21.8 Å². The van der Waals surface area contributed by atoms with Gasteiger partial charge in [0.25, 0.3) is 0 Å². The van der Waals surface area contributed by atoms with Crippen LogP contribution in [0.25, 0.3) is 0 Å². The summed E-state index contributed by atoms with van der Waals surface area (Å²) in [6.45, 7) is 2.56. The zero-order valence-corrected chi connectivity index (χ0v) is 12.0. The molecule has 3 N–H and O–H groups in total. The first kappa shape index (κ1) is 14.8. The van der Waals surface area contributed by atoms with Gasteiger partial charge in [-0.25, -0.2) is 0 Å². The minimum atomic E-state index is -0.0173. The van der Waals surface area contributed by atoms with Crippen molar-refractivity contribution in [3.8, 4) is 5.75 Å². The number of amidine groups is 1. The number of rotatable bonds is 6. The fourth-order valence-corrected chi connectivity index (χ4v) is 1.78. The maximum Gasteiger partial charge on any atom is 0.173 e. The van der Waals surface area contributed by atoms with Gasteiger partial charge in [0, 0.05) is 24.6 Å². The van der Waals surface area contributed by atoms with Gasteiger partial charge in [0.1, 0.15) is 5.75 Å². The fraction of sp³-hybridized carbons (Fsp3) is 0.417. The quantitative estimate of drug-likeness (QED) is 0.365. The summed E-state index contributed by atoms with van der Waals surface area (Å²) >= 11 is 3.33. The Morgan fingerprint density at radius 3 is 2.89 bits per heavy atom. The SMILES string of the molecule is COCCC(C)Oc1ccc(Br)cc1/C(N)=N/O. The van der Waals surface area contributed by atoms with E-state index in [1.165, 1.54) is 0 Å². The molecule has 0 fully saturated rings. The molecule has 1 unspecified atom stereocenters. The molecule has 1 atom stereocenters. The van der Waals surface area contributed by atoms with Gasteiger partial charge in [-0.2, -0.15) is 0 Å². The van der Waals surface area contributed by atoms with Gasteiger partial charge in [-0.3, -0.25) is 0 Å². The Labute approximate surface area is 115 Å². The van der Waals surface area contributed by atoms with Gasteiger partial charge >= 0.3 is 0 Å². The molecular weight excluding hydrogens is 300 g/mol. The van der Waals surface area contributed by atoms with E-state index in [1.807, 2.05) is 13.0 Å². The van der Waals surface area contributed by atoms with Crippen molar-refractivity contribution in [3.63, 3.8) is 0 Å². The Hall–Kier alpha value is -1.27. The van der Waals surface area contributed by atoms with Gasteiger partial charge < -0.3 is 20.4 Å². The number of hydrogen-bond donors (Lipinski definition) is 2. The predicted octanol–water partition coefficient (Wildman–Crippen LogP) is 2.35. The summed E-state index contributed by atoms with van der Waals surface area (Å²) in [6, 6.07) is 5.36. The van der Waals surface area contributed by atoms with Crippen LogP contribution in [0.5, 0.6) is 5.75 Å². The monoisotopic (exact) mass is 316 g/mol. The molecule has 5 nitrogen and oxygen atoms in total. The molecule has 1 aromatic carbocycles. The summed E-state index contributed by atoms with van der Waals surface area (Å²) in [4.78, 5) is 0. The Morgan fingerprint density at radius 2 is 2.28 bits per heavy atom. The van der Waals surface area contributed by atoms with E-state index in [1.54, 1.807) is 19.2 Å². The maximum atomic E-state index is 8.75. The molecule has 0 aliphatic rings. The van der Waals surface area contributed by atoms with Gasteiger partial charge in [0.05, 0.1) is 11.7 Å². The standard InChI is InChI=1S/C12H17BrN2O3/c1-8(5-6-17-2)18-11-4-3-9(13)7-10(11)12(14)15-16/h3-4,7-8,16H,5-6H2,1-2H3,(H2,14,15). The molecule has 1 aromatic rings. The molecule has 0 aliphatic carbocycles. The van der Waals surface area contributed by atoms with E-state index in [-0.39, 0.29) is 11.9 Å². The lowest BCUT2D eigenvalue weighted by Gasteiger charge is -2.17. The van der Waals surface area contributed by atoms with Crippen molar-refractivity contribution in [1.29, 1.82) is 0 Å². The molecule has 1 rings (SSSR count). The summed E-state index contributed by atoms with van der Waals surface area (Å²) in [6.07, 6.45) is 0.749. The van der Waals surface area contributed by atoms with Crippen LogP contribution in [0.4, 0.5) is 0 Å². The molecule has 18 heavy (non-hydrogen) atoms. The third-order valence-corrected chi connectivity index (χ3v) is 2.88. The number of halogens is 1. The summed E-state index contributed by atoms with van der Waals surface area (Å²) in [5.74, 6) is 0.599. The summed E-state index contributed by atoms with van der Waals surface area (Å²) < 4.78 is 11.6. The van der Waals surface area contributed by atoms with E-state index in [9.17, 15) is 0 Å². The summed E-state index contributed by atoms with van der Waals surface area (Å²) in [7, 11) is 1.65. The molecular formula is C12H17BrN2O3. The average Bonchev–Trinajstić information content (AvgIpc) is 2.37. The van der Waals surface area contributed by atoms with Gasteiger partial charge in [-0.05, 0) is 25.1 Å². The van der Waals surface area contributed by atoms with E-state index in [0.29, 0.717) is 17.9 Å². The van der Waals surface area contributed by atoms with Crippen LogP contribution in [0.15, 0.2) is 27.8 Å². The number of ether oxygens (including phenoxy) is 2. The number of oxime groups is 1. The minimum Gasteiger partial charge on any atom is -0.490 e. The highest BCUT2D eigenvalue weighted by atomic mass is 79.9. The lowest BCUT2D eigenvalue weighted by atomic mass is 10.2. The maximum absolute atomic E-state index is 8.75. The molecule has 6 heteroatoms. The van der Waals surface area contributed by atoms with E-state index in [0.717, 1.165) is 10.9 Å². The Balaban J connectivity index is 2.87. The highest BCUT2D eigenvalue weighted by Crippen LogP contribution is 2.24. The Morgan fingerprint density at radius 1 is 1.56 bits per heavy atom. The third-order valence-electron chi connectivity index (χ3n) is 2.38. The molecule has 0 amide bonds. The number of benzene rings is 1. The second-order valence-electron chi connectivity index (χ2n) is 3.84. The first-order chi connectivity index (χ1) is 8.58. The van der Waals surface area contributed by atoms with Crippen molar-refractivity contribution in [3.05, 3.63) is 28.2 Å². The molecule has 0 spiro atoms. The molecule has 0 aromatic heterocycles. The van der Waals surface area contributed by atoms with Crippen LogP contribution in [-0.4, -0.2) is 30.9 Å². The molecule has 0 radical (unpaired) electrons. The molecule has 0 saturated carbocycles. The van der Waals surface area contributed by atoms with Crippen LogP contribution in [0, 0.1) is 0 Å². The molecule has 0 aliphatic heterocycles. The first-order valence-electron chi connectivity index (χ1n) is 5.51. The van der Waals surface area contributed by atoms with E-state index in [4.69, 9.17) is 20.4 Å². The van der Waals surface area contributed by atoms with Crippen LogP contribution in [0.1, 0.15) is 18.9 Å². The predicted molar refractivity (Wildman–Crippen MR) is 73.2 cm³/mol. The van der Waals surface area contributed by atoms with Crippen LogP contribution >= 0.6 is 15.9 Å². The third kappa shape index (κ3) is 4.19. The van der Waals surface area contributed by atoms with E-state index >= 15 is 0 Å². The first-order valence-corrected chi connectivity index (χ1v) is 6.30. The summed E-state index contributed by atoms with van der Waals surface area (Å²) in [5, 5.41) is 11.8. The highest BCUT2D eigenvalue weighted by Gasteiger charge is 2.12.